The Labute approximate surface area is 160 Å². The second-order valence-electron chi connectivity index (χ2n) is 7.63. The average molecular weight is 366 g/mol. The summed E-state index contributed by atoms with van der Waals surface area (Å²) in [6.07, 6.45) is 5.61. The molecule has 4 rings (SSSR count). The van der Waals surface area contributed by atoms with Gasteiger partial charge in [-0.25, -0.2) is 0 Å². The van der Waals surface area contributed by atoms with Gasteiger partial charge in [-0.3, -0.25) is 9.78 Å². The van der Waals surface area contributed by atoms with Crippen molar-refractivity contribution in [3.05, 3.63) is 65.5 Å². The monoisotopic (exact) mass is 366 g/mol. The summed E-state index contributed by atoms with van der Waals surface area (Å²) in [5, 5.41) is 0. The van der Waals surface area contributed by atoms with Crippen molar-refractivity contribution in [2.24, 2.45) is 5.92 Å². The number of rotatable bonds is 6. The zero-order chi connectivity index (χ0) is 18.7. The number of carbonyl (C=O) groups is 1. The summed E-state index contributed by atoms with van der Waals surface area (Å²) in [5.74, 6) is 0.555. The van der Waals surface area contributed by atoms with Crippen LogP contribution in [-0.2, 0) is 16.1 Å². The smallest absolute Gasteiger partial charge is 0.254 e. The maximum atomic E-state index is 12.7. The van der Waals surface area contributed by atoms with E-state index in [-0.39, 0.29) is 11.5 Å². The second kappa shape index (κ2) is 7.79. The number of amides is 1. The number of ether oxygens (including phenoxy) is 2. The van der Waals surface area contributed by atoms with E-state index >= 15 is 0 Å². The molecule has 1 atom stereocenters. The van der Waals surface area contributed by atoms with E-state index in [1.165, 1.54) is 0 Å². The number of carbonyl (C=O) groups excluding carboxylic acids is 1. The quantitative estimate of drug-likeness (QED) is 0.737. The van der Waals surface area contributed by atoms with Crippen molar-refractivity contribution < 1.29 is 14.3 Å². The number of hydrogen-bond donors (Lipinski definition) is 0. The van der Waals surface area contributed by atoms with Crippen LogP contribution in [0.15, 0.2) is 48.8 Å². The number of pyridine rings is 1. The van der Waals surface area contributed by atoms with Gasteiger partial charge in [0.05, 0.1) is 19.7 Å². The van der Waals surface area contributed by atoms with Gasteiger partial charge in [-0.2, -0.15) is 0 Å². The van der Waals surface area contributed by atoms with Crippen LogP contribution < -0.4 is 0 Å². The van der Waals surface area contributed by atoms with Gasteiger partial charge in [-0.15, -0.1) is 0 Å². The predicted octanol–water partition coefficient (Wildman–Crippen LogP) is 3.23. The largest absolute Gasteiger partial charge is 0.377 e. The topological polar surface area (TPSA) is 51.7 Å². The lowest BCUT2D eigenvalue weighted by atomic mass is 9.79. The Kier molecular flexibility index (Phi) is 5.23. The molecule has 0 N–H and O–H groups in total. The lowest BCUT2D eigenvalue weighted by Crippen LogP contribution is -2.66. The summed E-state index contributed by atoms with van der Waals surface area (Å²) in [6, 6.07) is 11.7. The van der Waals surface area contributed by atoms with E-state index in [9.17, 15) is 4.79 Å². The minimum Gasteiger partial charge on any atom is -0.377 e. The van der Waals surface area contributed by atoms with Crippen molar-refractivity contribution >= 4 is 5.91 Å². The lowest BCUT2D eigenvalue weighted by Gasteiger charge is -2.50. The van der Waals surface area contributed by atoms with Crippen molar-refractivity contribution in [1.29, 1.82) is 0 Å². The molecule has 1 aromatic heterocycles. The Morgan fingerprint density at radius 3 is 3.00 bits per heavy atom. The number of nitrogens with zero attached hydrogens (tertiary/aromatic N) is 2. The van der Waals surface area contributed by atoms with Crippen LogP contribution in [0.3, 0.4) is 0 Å². The van der Waals surface area contributed by atoms with Gasteiger partial charge in [0.15, 0.2) is 0 Å². The molecule has 142 valence electrons. The highest BCUT2D eigenvalue weighted by molar-refractivity contribution is 5.95. The standard InChI is InChI=1S/C22H26N2O3/c1-17-4-2-6-19(12-17)21(25)24-15-22(16-24)20(8-11-27-22)7-10-26-14-18-5-3-9-23-13-18/h2-6,9,12-13,20H,7-8,10-11,14-16H2,1H3. The Hall–Kier alpha value is -2.24. The summed E-state index contributed by atoms with van der Waals surface area (Å²) < 4.78 is 11.9. The van der Waals surface area contributed by atoms with Crippen molar-refractivity contribution in [3.63, 3.8) is 0 Å². The van der Waals surface area contributed by atoms with Crippen LogP contribution >= 0.6 is 0 Å². The molecule has 2 aliphatic heterocycles. The van der Waals surface area contributed by atoms with Crippen LogP contribution in [0.5, 0.6) is 0 Å². The fraction of sp³-hybridized carbons (Fsp3) is 0.455. The average Bonchev–Trinajstić information content (AvgIpc) is 3.08. The Bertz CT molecular complexity index is 787. The highest BCUT2D eigenvalue weighted by Gasteiger charge is 2.54. The first-order valence-corrected chi connectivity index (χ1v) is 9.63. The molecule has 2 saturated heterocycles. The molecule has 0 radical (unpaired) electrons. The predicted molar refractivity (Wildman–Crippen MR) is 102 cm³/mol. The van der Waals surface area contributed by atoms with Crippen LogP contribution in [0, 0.1) is 12.8 Å². The number of hydrogen-bond acceptors (Lipinski definition) is 4. The highest BCUT2D eigenvalue weighted by atomic mass is 16.5. The van der Waals surface area contributed by atoms with Crippen molar-refractivity contribution in [1.82, 2.24) is 9.88 Å². The SMILES string of the molecule is Cc1cccc(C(=O)N2CC3(C2)OCCC3CCOCc2cccnc2)c1. The summed E-state index contributed by atoms with van der Waals surface area (Å²) in [7, 11) is 0. The zero-order valence-corrected chi connectivity index (χ0v) is 15.8. The molecule has 2 aliphatic rings. The lowest BCUT2D eigenvalue weighted by molar-refractivity contribution is -0.120. The minimum absolute atomic E-state index is 0.103. The molecule has 0 aliphatic carbocycles. The molecule has 1 spiro atoms. The first kappa shape index (κ1) is 18.1. The molecule has 3 heterocycles. The zero-order valence-electron chi connectivity index (χ0n) is 15.8. The Morgan fingerprint density at radius 1 is 1.33 bits per heavy atom. The highest BCUT2D eigenvalue weighted by Crippen LogP contribution is 2.42. The van der Waals surface area contributed by atoms with Crippen LogP contribution in [0.1, 0.15) is 34.3 Å². The fourth-order valence-electron chi connectivity index (χ4n) is 4.15. The van der Waals surface area contributed by atoms with E-state index in [0.717, 1.165) is 36.1 Å². The van der Waals surface area contributed by atoms with E-state index < -0.39 is 0 Å². The molecule has 1 amide bonds. The Balaban J connectivity index is 1.27. The number of aryl methyl sites for hydroxylation is 1. The molecule has 0 saturated carbocycles. The minimum atomic E-state index is -0.169. The van der Waals surface area contributed by atoms with Crippen molar-refractivity contribution in [2.45, 2.75) is 32.0 Å². The summed E-state index contributed by atoms with van der Waals surface area (Å²) in [6.45, 7) is 5.46. The molecular formula is C22H26N2O3. The molecule has 27 heavy (non-hydrogen) atoms. The van der Waals surface area contributed by atoms with Crippen molar-refractivity contribution in [2.75, 3.05) is 26.3 Å². The van der Waals surface area contributed by atoms with Gasteiger partial charge < -0.3 is 14.4 Å². The first-order chi connectivity index (χ1) is 13.2. The first-order valence-electron chi connectivity index (χ1n) is 9.63. The van der Waals surface area contributed by atoms with Crippen LogP contribution in [0.2, 0.25) is 0 Å². The third-order valence-electron chi connectivity index (χ3n) is 5.67. The molecule has 2 aromatic rings. The molecule has 1 aromatic carbocycles. The number of benzene rings is 1. The molecule has 5 heteroatoms. The molecule has 0 bridgehead atoms. The number of aromatic nitrogens is 1. The molecule has 1 unspecified atom stereocenters. The van der Waals surface area contributed by atoms with E-state index in [1.54, 1.807) is 6.20 Å². The maximum absolute atomic E-state index is 12.7. The maximum Gasteiger partial charge on any atom is 0.254 e. The summed E-state index contributed by atoms with van der Waals surface area (Å²) in [4.78, 5) is 18.7. The van der Waals surface area contributed by atoms with Gasteiger partial charge in [-0.05, 0) is 49.4 Å². The van der Waals surface area contributed by atoms with Gasteiger partial charge in [0.25, 0.3) is 5.91 Å². The van der Waals surface area contributed by atoms with Crippen LogP contribution in [0.25, 0.3) is 0 Å². The van der Waals surface area contributed by atoms with Gasteiger partial charge in [-0.1, -0.05) is 23.8 Å². The van der Waals surface area contributed by atoms with E-state index in [0.29, 0.717) is 32.2 Å². The third kappa shape index (κ3) is 3.89. The molecular weight excluding hydrogens is 340 g/mol. The van der Waals surface area contributed by atoms with E-state index in [1.807, 2.05) is 54.4 Å². The normalized spacial score (nSPS) is 20.6. The van der Waals surface area contributed by atoms with Gasteiger partial charge in [0, 0.05) is 31.2 Å². The molecule has 5 nitrogen and oxygen atoms in total. The van der Waals surface area contributed by atoms with E-state index in [4.69, 9.17) is 9.47 Å². The van der Waals surface area contributed by atoms with Gasteiger partial charge >= 0.3 is 0 Å². The van der Waals surface area contributed by atoms with Crippen LogP contribution in [0.4, 0.5) is 0 Å². The van der Waals surface area contributed by atoms with Gasteiger partial charge in [0.1, 0.15) is 5.60 Å². The Morgan fingerprint density at radius 2 is 2.22 bits per heavy atom. The number of likely N-dealkylation sites (tertiary alicyclic amines) is 1. The summed E-state index contributed by atoms with van der Waals surface area (Å²) in [5.41, 5.74) is 2.79. The van der Waals surface area contributed by atoms with Crippen LogP contribution in [-0.4, -0.2) is 47.7 Å². The van der Waals surface area contributed by atoms with E-state index in [2.05, 4.69) is 4.98 Å². The van der Waals surface area contributed by atoms with Crippen molar-refractivity contribution in [3.8, 4) is 0 Å². The van der Waals surface area contributed by atoms with Gasteiger partial charge in [0.2, 0.25) is 0 Å². The fourth-order valence-corrected chi connectivity index (χ4v) is 4.15. The summed E-state index contributed by atoms with van der Waals surface area (Å²) >= 11 is 0. The second-order valence-corrected chi connectivity index (χ2v) is 7.63. The third-order valence-corrected chi connectivity index (χ3v) is 5.67. The molecule has 2 fully saturated rings.